The molecule has 1 fully saturated rings. The zero-order valence-corrected chi connectivity index (χ0v) is 10.6. The van der Waals surface area contributed by atoms with Crippen molar-refractivity contribution in [3.8, 4) is 0 Å². The summed E-state index contributed by atoms with van der Waals surface area (Å²) in [5.74, 6) is -0.851. The van der Waals surface area contributed by atoms with E-state index in [4.69, 9.17) is 21.1 Å². The van der Waals surface area contributed by atoms with Crippen LogP contribution in [0.25, 0.3) is 0 Å². The summed E-state index contributed by atoms with van der Waals surface area (Å²) in [6.07, 6.45) is -4.69. The van der Waals surface area contributed by atoms with Gasteiger partial charge in [0.2, 0.25) is 5.60 Å². The molecule has 1 aliphatic rings. The van der Waals surface area contributed by atoms with Crippen LogP contribution in [0.5, 0.6) is 0 Å². The minimum absolute atomic E-state index is 0.0534. The van der Waals surface area contributed by atoms with Crippen LogP contribution in [0.4, 0.5) is 13.2 Å². The number of rotatable bonds is 3. The Kier molecular flexibility index (Phi) is 3.28. The molecule has 0 aliphatic carbocycles. The van der Waals surface area contributed by atoms with Crippen molar-refractivity contribution < 1.29 is 27.4 Å². The number of aromatic nitrogens is 1. The van der Waals surface area contributed by atoms with Crippen molar-refractivity contribution >= 4 is 28.9 Å². The van der Waals surface area contributed by atoms with E-state index in [9.17, 15) is 18.0 Å². The first-order chi connectivity index (χ1) is 8.31. The Hall–Kier alpha value is -0.860. The van der Waals surface area contributed by atoms with E-state index in [0.29, 0.717) is 11.3 Å². The van der Waals surface area contributed by atoms with Gasteiger partial charge in [-0.05, 0) is 6.92 Å². The molecule has 0 N–H and O–H groups in total. The molecule has 2 heterocycles. The van der Waals surface area contributed by atoms with Crippen LogP contribution in [0.3, 0.4) is 0 Å². The lowest BCUT2D eigenvalue weighted by molar-refractivity contribution is -0.151. The minimum Gasteiger partial charge on any atom is -0.463 e. The molecular formula is C9H7ClF3NO3S. The monoisotopic (exact) mass is 301 g/mol. The molecule has 0 bridgehead atoms. The number of hydrogen-bond acceptors (Lipinski definition) is 5. The summed E-state index contributed by atoms with van der Waals surface area (Å²) < 4.78 is 47.5. The first-order valence-corrected chi connectivity index (χ1v) is 6.06. The topological polar surface area (TPSA) is 51.7 Å². The number of alkyl halides is 3. The number of hydrogen-bond donors (Lipinski definition) is 0. The molecule has 1 aromatic rings. The van der Waals surface area contributed by atoms with Gasteiger partial charge in [-0.15, -0.1) is 11.3 Å². The van der Waals surface area contributed by atoms with E-state index in [2.05, 4.69) is 4.98 Å². The van der Waals surface area contributed by atoms with Crippen molar-refractivity contribution in [2.24, 2.45) is 0 Å². The maximum absolute atomic E-state index is 12.7. The molecule has 4 nitrogen and oxygen atoms in total. The first-order valence-electron chi connectivity index (χ1n) is 4.86. The summed E-state index contributed by atoms with van der Waals surface area (Å²) >= 11 is 6.06. The quantitative estimate of drug-likeness (QED) is 0.636. The largest absolute Gasteiger partial charge is 0.463 e. The van der Waals surface area contributed by atoms with Crippen molar-refractivity contribution in [1.29, 1.82) is 0 Å². The number of epoxide rings is 1. The van der Waals surface area contributed by atoms with Crippen molar-refractivity contribution in [3.63, 3.8) is 0 Å². The van der Waals surface area contributed by atoms with E-state index in [1.807, 2.05) is 0 Å². The van der Waals surface area contributed by atoms with E-state index in [1.165, 1.54) is 0 Å². The van der Waals surface area contributed by atoms with Gasteiger partial charge in [0.15, 0.2) is 10.2 Å². The van der Waals surface area contributed by atoms with Gasteiger partial charge in [0.1, 0.15) is 0 Å². The fraction of sp³-hybridized carbons (Fsp3) is 0.556. The lowest BCUT2D eigenvalue weighted by Gasteiger charge is -2.11. The van der Waals surface area contributed by atoms with Crippen LogP contribution < -0.4 is 0 Å². The molecule has 1 atom stereocenters. The van der Waals surface area contributed by atoms with Crippen LogP contribution in [0.2, 0.25) is 4.47 Å². The number of nitrogens with zero attached hydrogens (tertiary/aromatic N) is 1. The van der Waals surface area contributed by atoms with Crippen LogP contribution in [0, 0.1) is 0 Å². The van der Waals surface area contributed by atoms with Crippen LogP contribution in [0.1, 0.15) is 17.5 Å². The Balaban J connectivity index is 2.43. The highest BCUT2D eigenvalue weighted by molar-refractivity contribution is 7.16. The molecule has 0 amide bonds. The zero-order valence-electron chi connectivity index (χ0n) is 9.01. The maximum atomic E-state index is 12.7. The van der Waals surface area contributed by atoms with Gasteiger partial charge in [0.05, 0.1) is 18.1 Å². The van der Waals surface area contributed by atoms with E-state index >= 15 is 0 Å². The Morgan fingerprint density at radius 2 is 2.28 bits per heavy atom. The average Bonchev–Trinajstić information content (AvgIpc) is 2.96. The van der Waals surface area contributed by atoms with E-state index in [1.54, 1.807) is 6.92 Å². The Morgan fingerprint density at radius 1 is 1.67 bits per heavy atom. The molecule has 100 valence electrons. The van der Waals surface area contributed by atoms with Crippen molar-refractivity contribution in [2.45, 2.75) is 18.7 Å². The SMILES string of the molecule is CCOC(=O)C1(c2sc(Cl)nc2C(F)(F)F)CO1. The summed E-state index contributed by atoms with van der Waals surface area (Å²) in [5, 5.41) is 0. The molecule has 0 saturated carbocycles. The zero-order chi connectivity index (χ0) is 13.6. The summed E-state index contributed by atoms with van der Waals surface area (Å²) in [7, 11) is 0. The Bertz CT molecular complexity index is 484. The fourth-order valence-electron chi connectivity index (χ4n) is 1.42. The second-order valence-corrected chi connectivity index (χ2v) is 5.06. The van der Waals surface area contributed by atoms with E-state index < -0.39 is 23.4 Å². The van der Waals surface area contributed by atoms with Gasteiger partial charge in [0, 0.05) is 0 Å². The van der Waals surface area contributed by atoms with Gasteiger partial charge in [-0.3, -0.25) is 0 Å². The smallest absolute Gasteiger partial charge is 0.434 e. The van der Waals surface area contributed by atoms with Crippen LogP contribution in [0.15, 0.2) is 0 Å². The van der Waals surface area contributed by atoms with Crippen molar-refractivity contribution in [3.05, 3.63) is 15.0 Å². The molecular weight excluding hydrogens is 295 g/mol. The number of esters is 1. The third-order valence-electron chi connectivity index (χ3n) is 2.27. The second-order valence-electron chi connectivity index (χ2n) is 3.48. The highest BCUT2D eigenvalue weighted by Crippen LogP contribution is 2.49. The highest BCUT2D eigenvalue weighted by Gasteiger charge is 2.60. The van der Waals surface area contributed by atoms with E-state index in [0.717, 1.165) is 0 Å². The second kappa shape index (κ2) is 4.36. The maximum Gasteiger partial charge on any atom is 0.434 e. The number of halogens is 4. The van der Waals surface area contributed by atoms with Crippen LogP contribution in [-0.2, 0) is 26.0 Å². The van der Waals surface area contributed by atoms with E-state index in [-0.39, 0.29) is 22.6 Å². The lowest BCUT2D eigenvalue weighted by Crippen LogP contribution is -2.26. The first kappa shape index (κ1) is 13.6. The predicted molar refractivity (Wildman–Crippen MR) is 56.4 cm³/mol. The van der Waals surface area contributed by atoms with Gasteiger partial charge in [-0.2, -0.15) is 13.2 Å². The van der Waals surface area contributed by atoms with Crippen LogP contribution in [-0.4, -0.2) is 24.2 Å². The third-order valence-corrected chi connectivity index (χ3v) is 3.58. The molecule has 1 aromatic heterocycles. The number of carbonyl (C=O) groups excluding carboxylic acids is 1. The lowest BCUT2D eigenvalue weighted by atomic mass is 10.1. The van der Waals surface area contributed by atoms with Gasteiger partial charge < -0.3 is 9.47 Å². The Morgan fingerprint density at radius 3 is 2.72 bits per heavy atom. The summed E-state index contributed by atoms with van der Waals surface area (Å²) in [6.45, 7) is 1.45. The van der Waals surface area contributed by atoms with Crippen molar-refractivity contribution in [1.82, 2.24) is 4.98 Å². The molecule has 0 radical (unpaired) electrons. The van der Waals surface area contributed by atoms with Gasteiger partial charge in [0.25, 0.3) is 0 Å². The van der Waals surface area contributed by atoms with Gasteiger partial charge in [-0.25, -0.2) is 9.78 Å². The summed E-state index contributed by atoms with van der Waals surface area (Å²) in [5.41, 5.74) is -2.88. The minimum atomic E-state index is -4.69. The summed E-state index contributed by atoms with van der Waals surface area (Å²) in [4.78, 5) is 14.5. The molecule has 0 spiro atoms. The van der Waals surface area contributed by atoms with Crippen LogP contribution >= 0.6 is 22.9 Å². The number of ether oxygens (including phenoxy) is 2. The molecule has 1 aliphatic heterocycles. The summed E-state index contributed by atoms with van der Waals surface area (Å²) in [6, 6.07) is 0. The third kappa shape index (κ3) is 2.19. The molecule has 1 unspecified atom stereocenters. The molecule has 2 rings (SSSR count). The molecule has 1 saturated heterocycles. The Labute approximate surface area is 109 Å². The standard InChI is InChI=1S/C9H7ClF3NO3S/c1-2-16-6(15)8(3-17-8)5-4(9(11,12)13)14-7(10)18-5/h2-3H2,1H3. The highest BCUT2D eigenvalue weighted by atomic mass is 35.5. The number of thiazole rings is 1. The molecule has 18 heavy (non-hydrogen) atoms. The normalized spacial score (nSPS) is 22.9. The van der Waals surface area contributed by atoms with Gasteiger partial charge in [-0.1, -0.05) is 11.6 Å². The van der Waals surface area contributed by atoms with Gasteiger partial charge >= 0.3 is 12.1 Å². The number of carbonyl (C=O) groups is 1. The average molecular weight is 302 g/mol. The molecule has 9 heteroatoms. The van der Waals surface area contributed by atoms with Crippen molar-refractivity contribution in [2.75, 3.05) is 13.2 Å². The predicted octanol–water partition coefficient (Wildman–Crippen LogP) is 2.60. The fourth-order valence-corrected chi connectivity index (χ4v) is 2.67. The molecule has 0 aromatic carbocycles.